The third-order valence-corrected chi connectivity index (χ3v) is 5.97. The third kappa shape index (κ3) is 4.33. The first-order valence-corrected chi connectivity index (χ1v) is 9.24. The van der Waals surface area contributed by atoms with Gasteiger partial charge in [0.15, 0.2) is 0 Å². The molecule has 0 atom stereocenters. The lowest BCUT2D eigenvalue weighted by Gasteiger charge is -2.15. The maximum Gasteiger partial charge on any atom is 0.242 e. The van der Waals surface area contributed by atoms with Crippen LogP contribution in [0.15, 0.2) is 17.0 Å². The van der Waals surface area contributed by atoms with Crippen molar-refractivity contribution in [1.29, 1.82) is 0 Å². The normalized spacial score (nSPS) is 17.0. The standard InChI is InChI=1S/C14H20Cl2N2O2S/c1-3-6-17-9-10-7-13(12(16)8-11(10)15)21(19,20)18-14(2)4-5-14/h7-8,17-18H,3-6,9H2,1-2H3. The summed E-state index contributed by atoms with van der Waals surface area (Å²) in [5, 5.41) is 3.83. The van der Waals surface area contributed by atoms with E-state index in [4.69, 9.17) is 23.2 Å². The van der Waals surface area contributed by atoms with Gasteiger partial charge in [0.25, 0.3) is 0 Å². The fraction of sp³-hybridized carbons (Fsp3) is 0.571. The highest BCUT2D eigenvalue weighted by molar-refractivity contribution is 7.89. The van der Waals surface area contributed by atoms with Gasteiger partial charge in [-0.1, -0.05) is 30.1 Å². The molecule has 1 aromatic rings. The number of rotatable bonds is 7. The Hall–Kier alpha value is -0.330. The zero-order valence-electron chi connectivity index (χ0n) is 12.2. The molecule has 0 saturated heterocycles. The molecule has 1 aromatic carbocycles. The summed E-state index contributed by atoms with van der Waals surface area (Å²) in [4.78, 5) is 0.0926. The summed E-state index contributed by atoms with van der Waals surface area (Å²) >= 11 is 12.2. The first-order valence-electron chi connectivity index (χ1n) is 7.00. The Morgan fingerprint density at radius 3 is 2.48 bits per heavy atom. The summed E-state index contributed by atoms with van der Waals surface area (Å²) in [5.41, 5.74) is 0.401. The van der Waals surface area contributed by atoms with Crippen molar-refractivity contribution in [2.45, 2.75) is 50.1 Å². The maximum atomic E-state index is 12.4. The minimum Gasteiger partial charge on any atom is -0.313 e. The molecule has 0 spiro atoms. The number of nitrogens with one attached hydrogen (secondary N) is 2. The molecule has 0 bridgehead atoms. The van der Waals surface area contributed by atoms with E-state index in [0.717, 1.165) is 31.4 Å². The summed E-state index contributed by atoms with van der Waals surface area (Å²) in [6.45, 7) is 5.31. The van der Waals surface area contributed by atoms with E-state index in [9.17, 15) is 8.42 Å². The van der Waals surface area contributed by atoms with Crippen LogP contribution in [-0.2, 0) is 16.6 Å². The topological polar surface area (TPSA) is 58.2 Å². The van der Waals surface area contributed by atoms with Crippen molar-refractivity contribution in [3.8, 4) is 0 Å². The molecule has 0 unspecified atom stereocenters. The molecule has 2 N–H and O–H groups in total. The number of hydrogen-bond donors (Lipinski definition) is 2. The largest absolute Gasteiger partial charge is 0.313 e. The zero-order valence-corrected chi connectivity index (χ0v) is 14.5. The molecule has 118 valence electrons. The molecule has 1 saturated carbocycles. The van der Waals surface area contributed by atoms with Crippen molar-refractivity contribution in [3.63, 3.8) is 0 Å². The average molecular weight is 351 g/mol. The average Bonchev–Trinajstić information content (AvgIpc) is 3.08. The van der Waals surface area contributed by atoms with Crippen LogP contribution in [0.4, 0.5) is 0 Å². The molecule has 7 heteroatoms. The van der Waals surface area contributed by atoms with E-state index in [1.807, 2.05) is 6.92 Å². The van der Waals surface area contributed by atoms with E-state index < -0.39 is 10.0 Å². The number of hydrogen-bond acceptors (Lipinski definition) is 3. The Morgan fingerprint density at radius 1 is 1.24 bits per heavy atom. The predicted molar refractivity (Wildman–Crippen MR) is 86.4 cm³/mol. The molecule has 21 heavy (non-hydrogen) atoms. The van der Waals surface area contributed by atoms with Crippen molar-refractivity contribution in [2.24, 2.45) is 0 Å². The fourth-order valence-electron chi connectivity index (χ4n) is 1.98. The van der Waals surface area contributed by atoms with Crippen molar-refractivity contribution >= 4 is 33.2 Å². The van der Waals surface area contributed by atoms with Crippen molar-refractivity contribution in [2.75, 3.05) is 6.54 Å². The van der Waals surface area contributed by atoms with E-state index in [0.29, 0.717) is 11.6 Å². The molecular formula is C14H20Cl2N2O2S. The monoisotopic (exact) mass is 350 g/mol. The van der Waals surface area contributed by atoms with Gasteiger partial charge in [-0.2, -0.15) is 0 Å². The molecule has 1 fully saturated rings. The van der Waals surface area contributed by atoms with E-state index in [1.54, 1.807) is 6.07 Å². The Labute approximate surface area is 136 Å². The van der Waals surface area contributed by atoms with Gasteiger partial charge in [0, 0.05) is 17.1 Å². The highest BCUT2D eigenvalue weighted by Gasteiger charge is 2.41. The van der Waals surface area contributed by atoms with Crippen molar-refractivity contribution in [3.05, 3.63) is 27.7 Å². The molecule has 0 amide bonds. The van der Waals surface area contributed by atoms with E-state index in [2.05, 4.69) is 17.0 Å². The van der Waals surface area contributed by atoms with Gasteiger partial charge in [0.2, 0.25) is 10.0 Å². The first-order chi connectivity index (χ1) is 9.77. The van der Waals surface area contributed by atoms with Gasteiger partial charge in [-0.3, -0.25) is 0 Å². The lowest BCUT2D eigenvalue weighted by atomic mass is 10.2. The second-order valence-corrected chi connectivity index (χ2v) is 8.18. The lowest BCUT2D eigenvalue weighted by molar-refractivity contribution is 0.558. The Bertz CT molecular complexity index is 628. The number of sulfonamides is 1. The van der Waals surface area contributed by atoms with Gasteiger partial charge < -0.3 is 5.32 Å². The lowest BCUT2D eigenvalue weighted by Crippen LogP contribution is -2.34. The van der Waals surface area contributed by atoms with Crippen LogP contribution >= 0.6 is 23.2 Å². The molecule has 2 rings (SSSR count). The summed E-state index contributed by atoms with van der Waals surface area (Å²) in [7, 11) is -3.62. The van der Waals surface area contributed by atoms with Crippen LogP contribution in [0.3, 0.4) is 0 Å². The highest BCUT2D eigenvalue weighted by atomic mass is 35.5. The zero-order chi connectivity index (χ0) is 15.7. The summed E-state index contributed by atoms with van der Waals surface area (Å²) in [5.74, 6) is 0. The fourth-order valence-corrected chi connectivity index (χ4v) is 4.31. The molecular weight excluding hydrogens is 331 g/mol. The van der Waals surface area contributed by atoms with Gasteiger partial charge in [-0.15, -0.1) is 0 Å². The Balaban J connectivity index is 2.27. The van der Waals surface area contributed by atoms with Gasteiger partial charge in [0.05, 0.1) is 5.02 Å². The van der Waals surface area contributed by atoms with Crippen molar-refractivity contribution in [1.82, 2.24) is 10.0 Å². The quantitative estimate of drug-likeness (QED) is 0.741. The summed E-state index contributed by atoms with van der Waals surface area (Å²) in [6, 6.07) is 3.05. The second-order valence-electron chi connectivity index (χ2n) is 5.72. The Kier molecular flexibility index (Phi) is 5.21. The third-order valence-electron chi connectivity index (χ3n) is 3.51. The van der Waals surface area contributed by atoms with Crippen LogP contribution in [0.5, 0.6) is 0 Å². The minimum atomic E-state index is -3.62. The van der Waals surface area contributed by atoms with Crippen LogP contribution in [-0.4, -0.2) is 20.5 Å². The van der Waals surface area contributed by atoms with Gasteiger partial charge in [-0.25, -0.2) is 13.1 Å². The van der Waals surface area contributed by atoms with Crippen LogP contribution in [0.25, 0.3) is 0 Å². The van der Waals surface area contributed by atoms with Crippen LogP contribution in [0.2, 0.25) is 10.0 Å². The van der Waals surface area contributed by atoms with Gasteiger partial charge >= 0.3 is 0 Å². The van der Waals surface area contributed by atoms with Gasteiger partial charge in [-0.05, 0) is 50.4 Å². The van der Waals surface area contributed by atoms with Crippen LogP contribution in [0, 0.1) is 0 Å². The predicted octanol–water partition coefficient (Wildman–Crippen LogP) is 3.32. The van der Waals surface area contributed by atoms with E-state index in [1.165, 1.54) is 6.07 Å². The minimum absolute atomic E-state index is 0.0926. The summed E-state index contributed by atoms with van der Waals surface area (Å²) in [6.07, 6.45) is 2.70. The molecule has 1 aliphatic carbocycles. The van der Waals surface area contributed by atoms with Crippen LogP contribution in [0.1, 0.15) is 38.7 Å². The summed E-state index contributed by atoms with van der Waals surface area (Å²) < 4.78 is 27.6. The molecule has 0 heterocycles. The molecule has 4 nitrogen and oxygen atoms in total. The smallest absolute Gasteiger partial charge is 0.242 e. The molecule has 1 aliphatic rings. The van der Waals surface area contributed by atoms with Gasteiger partial charge in [0.1, 0.15) is 4.90 Å². The number of halogens is 2. The van der Waals surface area contributed by atoms with E-state index >= 15 is 0 Å². The van der Waals surface area contributed by atoms with E-state index in [-0.39, 0.29) is 15.5 Å². The highest BCUT2D eigenvalue weighted by Crippen LogP contribution is 2.37. The SMILES string of the molecule is CCCNCc1cc(S(=O)(=O)NC2(C)CC2)c(Cl)cc1Cl. The maximum absolute atomic E-state index is 12.4. The molecule has 0 aliphatic heterocycles. The van der Waals surface area contributed by atoms with Crippen molar-refractivity contribution < 1.29 is 8.42 Å². The first kappa shape index (κ1) is 17.0. The molecule has 0 aromatic heterocycles. The Morgan fingerprint density at radius 2 is 1.90 bits per heavy atom. The second kappa shape index (κ2) is 6.42. The molecule has 0 radical (unpaired) electrons. The number of benzene rings is 1. The van der Waals surface area contributed by atoms with Crippen LogP contribution < -0.4 is 10.0 Å².